The fourth-order valence-electron chi connectivity index (χ4n) is 0. The summed E-state index contributed by atoms with van der Waals surface area (Å²) < 4.78 is 0. The molecule has 0 spiro atoms. The first-order chi connectivity index (χ1) is 2.41. The van der Waals surface area contributed by atoms with E-state index in [4.69, 9.17) is 0 Å². The van der Waals surface area contributed by atoms with Crippen LogP contribution in [0.15, 0.2) is 0 Å². The zero-order valence-electron chi connectivity index (χ0n) is 3.47. The van der Waals surface area contributed by atoms with E-state index < -0.39 is 0 Å². The maximum absolute atomic E-state index is 4.00. The normalized spacial score (nSPS) is 5.60. The van der Waals surface area contributed by atoms with Gasteiger partial charge in [0.1, 0.15) is 0 Å². The Bertz CT molecular complexity index is 7.61. The summed E-state index contributed by atoms with van der Waals surface area (Å²) >= 11 is 1.62. The maximum atomic E-state index is 4.00. The van der Waals surface area contributed by atoms with Crippen LogP contribution < -0.4 is 11.7 Å². The van der Waals surface area contributed by atoms with Crippen molar-refractivity contribution in [3.8, 4) is 0 Å². The zero-order chi connectivity index (χ0) is 4.71. The molecule has 0 aromatic heterocycles. The SMILES string of the molecule is NN.[CH3][Ni][CH3]. The first-order valence-electron chi connectivity index (χ1n) is 0.966. The summed E-state index contributed by atoms with van der Waals surface area (Å²) in [4.78, 5) is 0. The van der Waals surface area contributed by atoms with Crippen molar-refractivity contribution in [1.29, 1.82) is 0 Å². The van der Waals surface area contributed by atoms with Crippen molar-refractivity contribution in [1.82, 2.24) is 0 Å². The van der Waals surface area contributed by atoms with Crippen LogP contribution in [0.4, 0.5) is 0 Å². The first kappa shape index (κ1) is 9.05. The summed E-state index contributed by atoms with van der Waals surface area (Å²) in [6.07, 6.45) is 0. The molecule has 0 heterocycles. The molecule has 0 aliphatic carbocycles. The van der Waals surface area contributed by atoms with Crippen molar-refractivity contribution < 1.29 is 14.4 Å². The molecule has 0 saturated heterocycles. The molecule has 38 valence electrons. The number of hydrogen-bond acceptors (Lipinski definition) is 2. The Kier molecular flexibility index (Phi) is 46.6. The number of hydrogen-bond donors (Lipinski definition) is 2. The third-order valence-electron chi connectivity index (χ3n) is 0. The van der Waals surface area contributed by atoms with Crippen LogP contribution in [0.3, 0.4) is 0 Å². The van der Waals surface area contributed by atoms with Gasteiger partial charge in [0.15, 0.2) is 0 Å². The summed E-state index contributed by atoms with van der Waals surface area (Å²) in [5.41, 5.74) is 0. The average Bonchev–Trinajstić information content (AvgIpc) is 1.46. The molecular weight excluding hydrogens is 111 g/mol. The third kappa shape index (κ3) is 150. The molecule has 0 aliphatic rings. The van der Waals surface area contributed by atoms with Gasteiger partial charge < -0.3 is 0 Å². The quantitative estimate of drug-likeness (QED) is 0.269. The molecule has 5 heavy (non-hydrogen) atoms. The third-order valence-corrected chi connectivity index (χ3v) is 0. The fraction of sp³-hybridized carbons (Fsp3) is 1.00. The van der Waals surface area contributed by atoms with Gasteiger partial charge in [0.2, 0.25) is 0 Å². The van der Waals surface area contributed by atoms with Crippen molar-refractivity contribution in [3.05, 3.63) is 0 Å². The molecule has 4 N–H and O–H groups in total. The Morgan fingerprint density at radius 1 is 1.20 bits per heavy atom. The standard InChI is InChI=1S/2CH3.H4N2.Ni/c;;1-2;/h2*1H3;1-2H2;. The molecular formula is C2H10N2Ni. The van der Waals surface area contributed by atoms with Crippen molar-refractivity contribution in [2.45, 2.75) is 11.8 Å². The molecule has 0 atom stereocenters. The van der Waals surface area contributed by atoms with Crippen molar-refractivity contribution in [2.75, 3.05) is 0 Å². The van der Waals surface area contributed by atoms with Gasteiger partial charge >= 0.3 is 26.2 Å². The van der Waals surface area contributed by atoms with Gasteiger partial charge in [0.05, 0.1) is 0 Å². The van der Waals surface area contributed by atoms with Crippen LogP contribution in [0.5, 0.6) is 0 Å². The fourth-order valence-corrected chi connectivity index (χ4v) is 0. The first-order valence-corrected chi connectivity index (χ1v) is 2.94. The Morgan fingerprint density at radius 2 is 1.20 bits per heavy atom. The van der Waals surface area contributed by atoms with Crippen LogP contribution in [-0.2, 0) is 14.4 Å². The van der Waals surface area contributed by atoms with Crippen LogP contribution in [0.1, 0.15) is 0 Å². The second-order valence-corrected chi connectivity index (χ2v) is 1.30. The van der Waals surface area contributed by atoms with Gasteiger partial charge in [0, 0.05) is 0 Å². The summed E-state index contributed by atoms with van der Waals surface area (Å²) in [5, 5.41) is 0. The summed E-state index contributed by atoms with van der Waals surface area (Å²) in [7, 11) is 0. The predicted octanol–water partition coefficient (Wildman–Crippen LogP) is -0.0161. The van der Waals surface area contributed by atoms with E-state index in [0.29, 0.717) is 0 Å². The number of rotatable bonds is 0. The molecule has 0 unspecified atom stereocenters. The minimum atomic E-state index is 1.62. The molecule has 0 aromatic carbocycles. The van der Waals surface area contributed by atoms with E-state index in [1.165, 1.54) is 0 Å². The van der Waals surface area contributed by atoms with Crippen molar-refractivity contribution >= 4 is 0 Å². The number of hydrazine groups is 1. The molecule has 0 fully saturated rings. The Balaban J connectivity index is 0. The molecule has 0 aliphatic heterocycles. The molecule has 0 bridgehead atoms. The van der Waals surface area contributed by atoms with Gasteiger partial charge in [-0.1, -0.05) is 0 Å². The van der Waals surface area contributed by atoms with Crippen LogP contribution in [0, 0.1) is 0 Å². The van der Waals surface area contributed by atoms with E-state index in [-0.39, 0.29) is 0 Å². The molecule has 0 rings (SSSR count). The molecule has 2 nitrogen and oxygen atoms in total. The average molecular weight is 121 g/mol. The van der Waals surface area contributed by atoms with Crippen molar-refractivity contribution in [2.24, 2.45) is 11.7 Å². The van der Waals surface area contributed by atoms with Gasteiger partial charge in [-0.25, -0.2) is 0 Å². The van der Waals surface area contributed by atoms with E-state index in [1.54, 1.807) is 14.4 Å². The van der Waals surface area contributed by atoms with Gasteiger partial charge in [-0.2, -0.15) is 0 Å². The van der Waals surface area contributed by atoms with Gasteiger partial charge in [-0.3, -0.25) is 11.7 Å². The summed E-state index contributed by atoms with van der Waals surface area (Å²) in [6, 6.07) is 0. The number of nitrogens with two attached hydrogens (primary N) is 2. The van der Waals surface area contributed by atoms with E-state index in [1.807, 2.05) is 0 Å². The van der Waals surface area contributed by atoms with Crippen LogP contribution in [-0.4, -0.2) is 0 Å². The summed E-state index contributed by atoms with van der Waals surface area (Å²) in [6.45, 7) is 0. The monoisotopic (exact) mass is 120 g/mol. The van der Waals surface area contributed by atoms with Gasteiger partial charge in [0.25, 0.3) is 0 Å². The Morgan fingerprint density at radius 3 is 1.20 bits per heavy atom. The molecule has 0 saturated carbocycles. The van der Waals surface area contributed by atoms with Gasteiger partial charge in [-0.05, 0) is 0 Å². The van der Waals surface area contributed by atoms with Crippen molar-refractivity contribution in [3.63, 3.8) is 0 Å². The second-order valence-electron chi connectivity index (χ2n) is 0.316. The molecule has 0 aromatic rings. The second kappa shape index (κ2) is 25.7. The summed E-state index contributed by atoms with van der Waals surface area (Å²) in [5.74, 6) is 12.1. The van der Waals surface area contributed by atoms with Crippen LogP contribution >= 0.6 is 0 Å². The Labute approximate surface area is 38.7 Å². The van der Waals surface area contributed by atoms with Crippen LogP contribution in [0.25, 0.3) is 0 Å². The Hall–Kier alpha value is 0.414. The zero-order valence-corrected chi connectivity index (χ0v) is 4.46. The van der Waals surface area contributed by atoms with E-state index in [9.17, 15) is 0 Å². The topological polar surface area (TPSA) is 52.0 Å². The predicted molar refractivity (Wildman–Crippen MR) is 20.1 cm³/mol. The van der Waals surface area contributed by atoms with E-state index in [2.05, 4.69) is 23.5 Å². The van der Waals surface area contributed by atoms with E-state index in [0.717, 1.165) is 0 Å². The van der Waals surface area contributed by atoms with Gasteiger partial charge in [-0.15, -0.1) is 0 Å². The minimum absolute atomic E-state index is 1.62. The molecule has 0 amide bonds. The molecule has 3 heteroatoms. The van der Waals surface area contributed by atoms with E-state index >= 15 is 0 Å². The molecule has 0 radical (unpaired) electrons. The van der Waals surface area contributed by atoms with Crippen LogP contribution in [0.2, 0.25) is 11.8 Å².